The van der Waals surface area contributed by atoms with Gasteiger partial charge in [0.25, 0.3) is 0 Å². The van der Waals surface area contributed by atoms with Crippen molar-refractivity contribution in [2.24, 2.45) is 0 Å². The van der Waals surface area contributed by atoms with E-state index in [4.69, 9.17) is 23.2 Å². The molecule has 190 valence electrons. The van der Waals surface area contributed by atoms with Crippen LogP contribution in [0.5, 0.6) is 0 Å². The average molecular weight is 526 g/mol. The lowest BCUT2D eigenvalue weighted by Gasteiger charge is -2.32. The predicted octanol–water partition coefficient (Wildman–Crippen LogP) is 6.71. The van der Waals surface area contributed by atoms with E-state index >= 15 is 0 Å². The van der Waals surface area contributed by atoms with Crippen LogP contribution < -0.4 is 5.32 Å². The lowest BCUT2D eigenvalue weighted by molar-refractivity contribution is -0.140. The van der Waals surface area contributed by atoms with Crippen LogP contribution in [0.15, 0.2) is 66.7 Å². The molecule has 6 heteroatoms. The second-order valence-electron chi connectivity index (χ2n) is 9.20. The minimum atomic E-state index is -0.685. The Balaban J connectivity index is 1.98. The summed E-state index contributed by atoms with van der Waals surface area (Å²) in [6.45, 7) is 6.94. The molecule has 0 aliphatic carbocycles. The number of aryl methyl sites for hydroxylation is 2. The highest BCUT2D eigenvalue weighted by Crippen LogP contribution is 2.25. The fraction of sp³-hybridized carbons (Fsp3) is 0.333. The number of amides is 2. The number of halogens is 2. The molecule has 0 saturated carbocycles. The van der Waals surface area contributed by atoms with E-state index < -0.39 is 6.04 Å². The van der Waals surface area contributed by atoms with Gasteiger partial charge < -0.3 is 10.2 Å². The Morgan fingerprint density at radius 2 is 1.67 bits per heavy atom. The number of nitrogens with one attached hydrogen (secondary N) is 1. The molecular formula is C30H34Cl2N2O2. The third-order valence-corrected chi connectivity index (χ3v) is 6.97. The molecule has 0 saturated heterocycles. The van der Waals surface area contributed by atoms with Crippen molar-refractivity contribution in [3.05, 3.63) is 105 Å². The summed E-state index contributed by atoms with van der Waals surface area (Å²) in [7, 11) is 0. The van der Waals surface area contributed by atoms with Crippen LogP contribution in [0.2, 0.25) is 10.0 Å². The SMILES string of the molecule is CCCCNC(=O)[C@@H](Cc1ccccc1)N(Cc1ccc(Cl)cc1Cl)C(=O)Cc1ccc(C)c(C)c1. The van der Waals surface area contributed by atoms with E-state index in [0.29, 0.717) is 23.0 Å². The Bertz CT molecular complexity index is 1180. The van der Waals surface area contributed by atoms with Gasteiger partial charge in [-0.05, 0) is 60.2 Å². The van der Waals surface area contributed by atoms with E-state index in [1.54, 1.807) is 17.0 Å². The quantitative estimate of drug-likeness (QED) is 0.283. The largest absolute Gasteiger partial charge is 0.354 e. The van der Waals surface area contributed by atoms with Crippen molar-refractivity contribution in [3.8, 4) is 0 Å². The van der Waals surface area contributed by atoms with Gasteiger partial charge >= 0.3 is 0 Å². The minimum absolute atomic E-state index is 0.129. The third kappa shape index (κ3) is 7.84. The summed E-state index contributed by atoms with van der Waals surface area (Å²) < 4.78 is 0. The van der Waals surface area contributed by atoms with Gasteiger partial charge in [-0.1, -0.05) is 91.1 Å². The summed E-state index contributed by atoms with van der Waals surface area (Å²) >= 11 is 12.6. The molecule has 3 aromatic rings. The van der Waals surface area contributed by atoms with Crippen molar-refractivity contribution in [2.45, 2.75) is 59.0 Å². The minimum Gasteiger partial charge on any atom is -0.354 e. The van der Waals surface area contributed by atoms with Crippen LogP contribution in [-0.2, 0) is 29.0 Å². The van der Waals surface area contributed by atoms with Crippen molar-refractivity contribution in [2.75, 3.05) is 6.54 Å². The molecule has 36 heavy (non-hydrogen) atoms. The van der Waals surface area contributed by atoms with Crippen LogP contribution in [0, 0.1) is 13.8 Å². The van der Waals surface area contributed by atoms with Gasteiger partial charge in [-0.15, -0.1) is 0 Å². The van der Waals surface area contributed by atoms with E-state index in [9.17, 15) is 9.59 Å². The molecule has 0 radical (unpaired) electrons. The zero-order chi connectivity index (χ0) is 26.1. The second kappa shape index (κ2) is 13.5. The van der Waals surface area contributed by atoms with Gasteiger partial charge in [0.2, 0.25) is 11.8 Å². The van der Waals surface area contributed by atoms with Crippen LogP contribution >= 0.6 is 23.2 Å². The van der Waals surface area contributed by atoms with Gasteiger partial charge in [-0.25, -0.2) is 0 Å². The molecule has 0 bridgehead atoms. The topological polar surface area (TPSA) is 49.4 Å². The highest BCUT2D eigenvalue weighted by Gasteiger charge is 2.30. The molecule has 0 aromatic heterocycles. The number of rotatable bonds is 11. The number of hydrogen-bond acceptors (Lipinski definition) is 2. The van der Waals surface area contributed by atoms with Crippen LogP contribution in [-0.4, -0.2) is 29.3 Å². The number of nitrogens with zero attached hydrogens (tertiary/aromatic N) is 1. The number of hydrogen-bond donors (Lipinski definition) is 1. The lowest BCUT2D eigenvalue weighted by atomic mass is 10.00. The number of carbonyl (C=O) groups excluding carboxylic acids is 2. The fourth-order valence-electron chi connectivity index (χ4n) is 4.08. The third-order valence-electron chi connectivity index (χ3n) is 6.38. The molecule has 0 unspecified atom stereocenters. The van der Waals surface area contributed by atoms with Crippen molar-refractivity contribution in [1.82, 2.24) is 10.2 Å². The van der Waals surface area contributed by atoms with Crippen LogP contribution in [0.4, 0.5) is 0 Å². The molecule has 0 heterocycles. The summed E-state index contributed by atoms with van der Waals surface area (Å²) in [4.78, 5) is 29.0. The van der Waals surface area contributed by atoms with Crippen LogP contribution in [0.3, 0.4) is 0 Å². The summed E-state index contributed by atoms with van der Waals surface area (Å²) in [5.41, 5.74) is 4.95. The van der Waals surface area contributed by atoms with Gasteiger partial charge in [0.15, 0.2) is 0 Å². The molecule has 3 rings (SSSR count). The maximum Gasteiger partial charge on any atom is 0.243 e. The lowest BCUT2D eigenvalue weighted by Crippen LogP contribution is -2.51. The van der Waals surface area contributed by atoms with Gasteiger partial charge in [0.05, 0.1) is 6.42 Å². The first-order valence-corrected chi connectivity index (χ1v) is 13.1. The van der Waals surface area contributed by atoms with Gasteiger partial charge in [-0.2, -0.15) is 0 Å². The monoisotopic (exact) mass is 524 g/mol. The molecule has 1 atom stereocenters. The number of unbranched alkanes of at least 4 members (excludes halogenated alkanes) is 1. The zero-order valence-corrected chi connectivity index (χ0v) is 22.7. The van der Waals surface area contributed by atoms with E-state index in [2.05, 4.69) is 12.2 Å². The Morgan fingerprint density at radius 1 is 0.917 bits per heavy atom. The van der Waals surface area contributed by atoms with E-state index in [0.717, 1.165) is 35.1 Å². The highest BCUT2D eigenvalue weighted by atomic mass is 35.5. The Labute approximate surface area is 224 Å². The van der Waals surface area contributed by atoms with Gasteiger partial charge in [0.1, 0.15) is 6.04 Å². The molecule has 2 amide bonds. The molecule has 0 aliphatic rings. The first kappa shape index (κ1) is 27.8. The first-order valence-electron chi connectivity index (χ1n) is 12.4. The van der Waals surface area contributed by atoms with Crippen molar-refractivity contribution >= 4 is 35.0 Å². The van der Waals surface area contributed by atoms with E-state index in [1.807, 2.05) is 68.4 Å². The molecule has 3 aromatic carbocycles. The maximum absolute atomic E-state index is 13.8. The van der Waals surface area contributed by atoms with E-state index in [1.165, 1.54) is 5.56 Å². The summed E-state index contributed by atoms with van der Waals surface area (Å²) in [5, 5.41) is 4.03. The van der Waals surface area contributed by atoms with Crippen molar-refractivity contribution in [3.63, 3.8) is 0 Å². The average Bonchev–Trinajstić information content (AvgIpc) is 2.85. The molecule has 4 nitrogen and oxygen atoms in total. The fourth-order valence-corrected chi connectivity index (χ4v) is 4.55. The Kier molecular flexibility index (Phi) is 10.4. The molecule has 0 fully saturated rings. The van der Waals surface area contributed by atoms with Gasteiger partial charge in [-0.3, -0.25) is 9.59 Å². The standard InChI is InChI=1S/C30H34Cl2N2O2/c1-4-5-15-33-30(36)28(17-23-9-7-6-8-10-23)34(20-25-13-14-26(31)19-27(25)32)29(35)18-24-12-11-21(2)22(3)16-24/h6-14,16,19,28H,4-5,15,17-18,20H2,1-3H3,(H,33,36)/t28-/m1/s1. The Morgan fingerprint density at radius 3 is 2.33 bits per heavy atom. The highest BCUT2D eigenvalue weighted by molar-refractivity contribution is 6.35. The summed E-state index contributed by atoms with van der Waals surface area (Å²) in [6.07, 6.45) is 2.45. The van der Waals surface area contributed by atoms with Crippen molar-refractivity contribution in [1.29, 1.82) is 0 Å². The number of benzene rings is 3. The molecular weight excluding hydrogens is 491 g/mol. The van der Waals surface area contributed by atoms with Crippen molar-refractivity contribution < 1.29 is 9.59 Å². The molecule has 1 N–H and O–H groups in total. The smallest absolute Gasteiger partial charge is 0.243 e. The van der Waals surface area contributed by atoms with Crippen LogP contribution in [0.1, 0.15) is 47.6 Å². The second-order valence-corrected chi connectivity index (χ2v) is 10.0. The number of carbonyl (C=O) groups is 2. The predicted molar refractivity (Wildman–Crippen MR) is 148 cm³/mol. The summed E-state index contributed by atoms with van der Waals surface area (Å²) in [5.74, 6) is -0.290. The Hall–Kier alpha value is -2.82. The van der Waals surface area contributed by atoms with Gasteiger partial charge in [0, 0.05) is 29.6 Å². The van der Waals surface area contributed by atoms with E-state index in [-0.39, 0.29) is 24.8 Å². The normalized spacial score (nSPS) is 11.7. The maximum atomic E-state index is 13.8. The summed E-state index contributed by atoms with van der Waals surface area (Å²) in [6, 6.07) is 20.4. The molecule has 0 spiro atoms. The van der Waals surface area contributed by atoms with Crippen LogP contribution in [0.25, 0.3) is 0 Å². The first-order chi connectivity index (χ1) is 17.3. The molecule has 0 aliphatic heterocycles. The zero-order valence-electron chi connectivity index (χ0n) is 21.2.